The van der Waals surface area contributed by atoms with E-state index in [-0.39, 0.29) is 5.91 Å². The standard InChI is InChI=1S/C14H16Br2N2OS/c15-9-4-5-10(11(16)8-9)12(19)18-14(13(17)20)6-2-1-3-7-14/h4-5,8H,1-3,6-7H2,(H2,17,20)(H,18,19). The molecule has 20 heavy (non-hydrogen) atoms. The minimum Gasteiger partial charge on any atom is -0.391 e. The maximum Gasteiger partial charge on any atom is 0.253 e. The van der Waals surface area contributed by atoms with Crippen molar-refractivity contribution in [3.63, 3.8) is 0 Å². The third kappa shape index (κ3) is 3.40. The third-order valence-electron chi connectivity index (χ3n) is 3.71. The molecule has 0 bridgehead atoms. The largest absolute Gasteiger partial charge is 0.391 e. The Morgan fingerprint density at radius 2 is 1.90 bits per heavy atom. The van der Waals surface area contributed by atoms with Crippen LogP contribution in [-0.2, 0) is 0 Å². The second-order valence-corrected chi connectivity index (χ2v) is 7.30. The van der Waals surface area contributed by atoms with Crippen molar-refractivity contribution in [3.8, 4) is 0 Å². The molecule has 1 aliphatic rings. The van der Waals surface area contributed by atoms with Gasteiger partial charge in [0.15, 0.2) is 0 Å². The van der Waals surface area contributed by atoms with Gasteiger partial charge in [-0.3, -0.25) is 4.79 Å². The van der Waals surface area contributed by atoms with Gasteiger partial charge in [-0.1, -0.05) is 47.4 Å². The first-order valence-electron chi connectivity index (χ1n) is 6.52. The highest BCUT2D eigenvalue weighted by Crippen LogP contribution is 2.30. The molecule has 0 heterocycles. The van der Waals surface area contributed by atoms with Crippen molar-refractivity contribution < 1.29 is 4.79 Å². The molecule has 0 saturated heterocycles. The number of amides is 1. The predicted molar refractivity (Wildman–Crippen MR) is 91.9 cm³/mol. The van der Waals surface area contributed by atoms with Gasteiger partial charge in [0.1, 0.15) is 0 Å². The summed E-state index contributed by atoms with van der Waals surface area (Å²) >= 11 is 12.0. The molecule has 6 heteroatoms. The number of halogens is 2. The Morgan fingerprint density at radius 1 is 1.25 bits per heavy atom. The monoisotopic (exact) mass is 418 g/mol. The van der Waals surface area contributed by atoms with Crippen molar-refractivity contribution in [1.29, 1.82) is 0 Å². The fraction of sp³-hybridized carbons (Fsp3) is 0.429. The fourth-order valence-electron chi connectivity index (χ4n) is 2.55. The maximum absolute atomic E-state index is 12.5. The lowest BCUT2D eigenvalue weighted by Gasteiger charge is -2.37. The molecule has 108 valence electrons. The van der Waals surface area contributed by atoms with E-state index < -0.39 is 5.54 Å². The summed E-state index contributed by atoms with van der Waals surface area (Å²) in [4.78, 5) is 12.9. The molecule has 1 aromatic carbocycles. The molecule has 3 nitrogen and oxygen atoms in total. The zero-order valence-corrected chi connectivity index (χ0v) is 14.9. The second-order valence-electron chi connectivity index (χ2n) is 5.09. The summed E-state index contributed by atoms with van der Waals surface area (Å²) in [5.74, 6) is -0.140. The fourth-order valence-corrected chi connectivity index (χ4v) is 4.03. The van der Waals surface area contributed by atoms with Gasteiger partial charge in [0.2, 0.25) is 0 Å². The van der Waals surface area contributed by atoms with E-state index in [1.807, 2.05) is 12.1 Å². The van der Waals surface area contributed by atoms with E-state index in [0.29, 0.717) is 10.6 Å². The molecular formula is C14H16Br2N2OS. The molecule has 1 aromatic rings. The number of hydrogen-bond acceptors (Lipinski definition) is 2. The van der Waals surface area contributed by atoms with Gasteiger partial charge < -0.3 is 11.1 Å². The van der Waals surface area contributed by atoms with Gasteiger partial charge >= 0.3 is 0 Å². The summed E-state index contributed by atoms with van der Waals surface area (Å²) < 4.78 is 1.67. The van der Waals surface area contributed by atoms with E-state index in [2.05, 4.69) is 37.2 Å². The Balaban J connectivity index is 2.22. The van der Waals surface area contributed by atoms with Crippen molar-refractivity contribution in [2.24, 2.45) is 5.73 Å². The lowest BCUT2D eigenvalue weighted by Crippen LogP contribution is -2.57. The molecule has 1 aliphatic carbocycles. The summed E-state index contributed by atoms with van der Waals surface area (Å²) in [5, 5.41) is 3.06. The average Bonchev–Trinajstić information content (AvgIpc) is 2.39. The average molecular weight is 420 g/mol. The van der Waals surface area contributed by atoms with Crippen LogP contribution in [0.5, 0.6) is 0 Å². The molecule has 0 unspecified atom stereocenters. The van der Waals surface area contributed by atoms with Crippen LogP contribution >= 0.6 is 44.1 Å². The second kappa shape index (κ2) is 6.54. The topological polar surface area (TPSA) is 55.1 Å². The Kier molecular flexibility index (Phi) is 5.20. The highest BCUT2D eigenvalue weighted by molar-refractivity contribution is 9.11. The van der Waals surface area contributed by atoms with Crippen LogP contribution in [0, 0.1) is 0 Å². The molecule has 3 N–H and O–H groups in total. The van der Waals surface area contributed by atoms with E-state index >= 15 is 0 Å². The van der Waals surface area contributed by atoms with Crippen molar-refractivity contribution in [2.45, 2.75) is 37.6 Å². The Bertz CT molecular complexity index is 542. The molecule has 0 aromatic heterocycles. The minimum atomic E-state index is -0.531. The number of carbonyl (C=O) groups is 1. The summed E-state index contributed by atoms with van der Waals surface area (Å²) in [6.07, 6.45) is 4.89. The Hall–Kier alpha value is -0.460. The molecule has 1 amide bonds. The van der Waals surface area contributed by atoms with Crippen LogP contribution in [0.25, 0.3) is 0 Å². The number of hydrogen-bond donors (Lipinski definition) is 2. The number of thiocarbonyl (C=S) groups is 1. The van der Waals surface area contributed by atoms with Gasteiger partial charge in [-0.05, 0) is 47.0 Å². The lowest BCUT2D eigenvalue weighted by atomic mass is 9.81. The normalized spacial score (nSPS) is 17.5. The van der Waals surface area contributed by atoms with Gasteiger partial charge in [-0.2, -0.15) is 0 Å². The van der Waals surface area contributed by atoms with Crippen molar-refractivity contribution >= 4 is 55.0 Å². The van der Waals surface area contributed by atoms with Gasteiger partial charge in [-0.25, -0.2) is 0 Å². The van der Waals surface area contributed by atoms with Crippen molar-refractivity contribution in [1.82, 2.24) is 5.32 Å². The van der Waals surface area contributed by atoms with Crippen LogP contribution in [-0.4, -0.2) is 16.4 Å². The van der Waals surface area contributed by atoms with Crippen LogP contribution in [0.15, 0.2) is 27.1 Å². The highest BCUT2D eigenvalue weighted by Gasteiger charge is 2.36. The van der Waals surface area contributed by atoms with E-state index in [9.17, 15) is 4.79 Å². The van der Waals surface area contributed by atoms with Crippen LogP contribution in [0.1, 0.15) is 42.5 Å². The van der Waals surface area contributed by atoms with E-state index in [1.165, 1.54) is 6.42 Å². The van der Waals surface area contributed by atoms with Gasteiger partial charge in [0.25, 0.3) is 5.91 Å². The van der Waals surface area contributed by atoms with Crippen LogP contribution in [0.3, 0.4) is 0 Å². The molecular weight excluding hydrogens is 404 g/mol. The number of nitrogens with one attached hydrogen (secondary N) is 1. The molecule has 0 radical (unpaired) electrons. The zero-order chi connectivity index (χ0) is 14.8. The first-order chi connectivity index (χ1) is 9.44. The van der Waals surface area contributed by atoms with E-state index in [1.54, 1.807) is 6.07 Å². The first-order valence-corrected chi connectivity index (χ1v) is 8.51. The van der Waals surface area contributed by atoms with Gasteiger partial charge in [-0.15, -0.1) is 0 Å². The van der Waals surface area contributed by atoms with Crippen molar-refractivity contribution in [3.05, 3.63) is 32.7 Å². The van der Waals surface area contributed by atoms with Gasteiger partial charge in [0.05, 0.1) is 16.1 Å². The van der Waals surface area contributed by atoms with Crippen molar-refractivity contribution in [2.75, 3.05) is 0 Å². The molecule has 0 atom stereocenters. The number of carbonyl (C=O) groups excluding carboxylic acids is 1. The zero-order valence-electron chi connectivity index (χ0n) is 10.9. The SMILES string of the molecule is NC(=S)C1(NC(=O)c2ccc(Br)cc2Br)CCCCC1. The van der Waals surface area contributed by atoms with E-state index in [0.717, 1.165) is 34.6 Å². The highest BCUT2D eigenvalue weighted by atomic mass is 79.9. The predicted octanol–water partition coefficient (Wildman–Crippen LogP) is 3.93. The maximum atomic E-state index is 12.5. The smallest absolute Gasteiger partial charge is 0.253 e. The summed E-state index contributed by atoms with van der Waals surface area (Å²) in [6, 6.07) is 5.47. The Labute approximate surface area is 140 Å². The quantitative estimate of drug-likeness (QED) is 0.729. The van der Waals surface area contributed by atoms with E-state index in [4.69, 9.17) is 18.0 Å². The molecule has 0 spiro atoms. The summed E-state index contributed by atoms with van der Waals surface area (Å²) in [6.45, 7) is 0. The van der Waals surface area contributed by atoms with Crippen LogP contribution in [0.4, 0.5) is 0 Å². The number of benzene rings is 1. The molecule has 2 rings (SSSR count). The number of rotatable bonds is 3. The Morgan fingerprint density at radius 3 is 2.45 bits per heavy atom. The number of nitrogens with two attached hydrogens (primary N) is 1. The first kappa shape index (κ1) is 15.9. The lowest BCUT2D eigenvalue weighted by molar-refractivity contribution is 0.0907. The molecule has 0 aliphatic heterocycles. The van der Waals surface area contributed by atoms with Crippen LogP contribution in [0.2, 0.25) is 0 Å². The summed E-state index contributed by atoms with van der Waals surface area (Å²) in [5.41, 5.74) is 5.95. The van der Waals surface area contributed by atoms with Gasteiger partial charge in [0, 0.05) is 8.95 Å². The summed E-state index contributed by atoms with van der Waals surface area (Å²) in [7, 11) is 0. The minimum absolute atomic E-state index is 0.140. The van der Waals surface area contributed by atoms with Crippen LogP contribution < -0.4 is 11.1 Å². The molecule has 1 saturated carbocycles. The molecule has 1 fully saturated rings. The third-order valence-corrected chi connectivity index (χ3v) is 5.25.